The van der Waals surface area contributed by atoms with Gasteiger partial charge in [-0.3, -0.25) is 14.7 Å². The van der Waals surface area contributed by atoms with Gasteiger partial charge >= 0.3 is 6.18 Å². The van der Waals surface area contributed by atoms with Crippen LogP contribution in [0.1, 0.15) is 18.1 Å². The Morgan fingerprint density at radius 2 is 1.96 bits per heavy atom. The first-order valence-electron chi connectivity index (χ1n) is 8.71. The van der Waals surface area contributed by atoms with E-state index in [0.29, 0.717) is 35.3 Å². The number of halogens is 3. The van der Waals surface area contributed by atoms with Gasteiger partial charge in [-0.25, -0.2) is 0 Å². The van der Waals surface area contributed by atoms with Gasteiger partial charge in [-0.15, -0.1) is 0 Å². The Morgan fingerprint density at radius 3 is 2.68 bits per heavy atom. The van der Waals surface area contributed by atoms with Gasteiger partial charge in [0, 0.05) is 12.3 Å². The summed E-state index contributed by atoms with van der Waals surface area (Å²) in [5.41, 5.74) is -0.160. The number of amidine groups is 1. The summed E-state index contributed by atoms with van der Waals surface area (Å²) in [6.07, 6.45) is -5.07. The summed E-state index contributed by atoms with van der Waals surface area (Å²) in [5, 5.41) is 0.505. The van der Waals surface area contributed by atoms with Crippen molar-refractivity contribution in [2.75, 3.05) is 13.1 Å². The van der Waals surface area contributed by atoms with Gasteiger partial charge in [0.25, 0.3) is 5.91 Å². The molecule has 2 aromatic carbocycles. The molecule has 4 nitrogen and oxygen atoms in total. The fraction of sp³-hybridized carbons (Fsp3) is 0.300. The topological polar surface area (TPSA) is 41.9 Å². The van der Waals surface area contributed by atoms with Gasteiger partial charge in [-0.05, 0) is 30.7 Å². The summed E-state index contributed by atoms with van der Waals surface area (Å²) in [6.45, 7) is 2.57. The molecule has 0 radical (unpaired) electrons. The number of hydrogen-bond acceptors (Lipinski definition) is 4. The lowest BCUT2D eigenvalue weighted by molar-refractivity contribution is -0.137. The van der Waals surface area contributed by atoms with Gasteiger partial charge in [-0.2, -0.15) is 13.2 Å². The van der Waals surface area contributed by atoms with E-state index in [0.717, 1.165) is 12.1 Å². The molecule has 0 spiro atoms. The van der Waals surface area contributed by atoms with Gasteiger partial charge < -0.3 is 4.74 Å². The third kappa shape index (κ3) is 5.07. The highest BCUT2D eigenvalue weighted by Crippen LogP contribution is 2.30. The molecule has 3 rings (SSSR count). The van der Waals surface area contributed by atoms with Crippen LogP contribution in [0.25, 0.3) is 0 Å². The maximum atomic E-state index is 12.8. The Labute approximate surface area is 165 Å². The van der Waals surface area contributed by atoms with Crippen LogP contribution in [0.5, 0.6) is 5.75 Å². The van der Waals surface area contributed by atoms with E-state index in [-0.39, 0.29) is 5.91 Å². The lowest BCUT2D eigenvalue weighted by Crippen LogP contribution is -2.41. The molecule has 148 valence electrons. The second kappa shape index (κ2) is 8.68. The second-order valence-electron chi connectivity index (χ2n) is 6.21. The normalized spacial score (nSPS) is 15.3. The molecule has 1 amide bonds. The maximum absolute atomic E-state index is 12.8. The third-order valence-corrected chi connectivity index (χ3v) is 5.18. The molecule has 1 heterocycles. The number of hydrogen-bond donors (Lipinski definition) is 0. The minimum Gasteiger partial charge on any atom is -0.481 e. The lowest BCUT2D eigenvalue weighted by atomic mass is 10.1. The molecule has 0 unspecified atom stereocenters. The molecule has 1 aliphatic heterocycles. The molecule has 2 aromatic rings. The first-order valence-corrected chi connectivity index (χ1v) is 9.69. The van der Waals surface area contributed by atoms with Crippen LogP contribution in [0.2, 0.25) is 0 Å². The van der Waals surface area contributed by atoms with Crippen molar-refractivity contribution in [3.05, 3.63) is 65.7 Å². The van der Waals surface area contributed by atoms with E-state index in [1.807, 2.05) is 18.2 Å². The van der Waals surface area contributed by atoms with Crippen LogP contribution in [0.3, 0.4) is 0 Å². The van der Waals surface area contributed by atoms with Crippen LogP contribution in [0.15, 0.2) is 59.6 Å². The summed E-state index contributed by atoms with van der Waals surface area (Å²) in [7, 11) is 0. The number of carbonyl (C=O) groups excluding carboxylic acids is 1. The number of benzene rings is 2. The summed E-state index contributed by atoms with van der Waals surface area (Å²) >= 11 is 1.25. The van der Waals surface area contributed by atoms with Gasteiger partial charge in [-0.1, -0.05) is 48.2 Å². The van der Waals surface area contributed by atoms with Gasteiger partial charge in [0.15, 0.2) is 11.3 Å². The van der Waals surface area contributed by atoms with Crippen LogP contribution < -0.4 is 4.74 Å². The van der Waals surface area contributed by atoms with E-state index in [1.54, 1.807) is 25.1 Å². The molecule has 0 bridgehead atoms. The van der Waals surface area contributed by atoms with Crippen LogP contribution in [-0.4, -0.2) is 35.2 Å². The summed E-state index contributed by atoms with van der Waals surface area (Å²) < 4.78 is 44.2. The zero-order chi connectivity index (χ0) is 20.1. The first kappa shape index (κ1) is 20.3. The summed E-state index contributed by atoms with van der Waals surface area (Å²) in [4.78, 5) is 18.6. The average molecular weight is 408 g/mol. The number of para-hydroxylation sites is 1. The highest BCUT2D eigenvalue weighted by molar-refractivity contribution is 8.13. The lowest BCUT2D eigenvalue weighted by Gasteiger charge is -2.22. The highest BCUT2D eigenvalue weighted by atomic mass is 32.2. The molecular weight excluding hydrogens is 389 g/mol. The van der Waals surface area contributed by atoms with E-state index in [1.165, 1.54) is 22.7 Å². The number of aliphatic imine (C=N–C) groups is 1. The Balaban J connectivity index is 1.61. The molecule has 1 atom stereocenters. The number of ether oxygens (including phenoxy) is 1. The monoisotopic (exact) mass is 408 g/mol. The van der Waals surface area contributed by atoms with Crippen molar-refractivity contribution in [3.8, 4) is 5.75 Å². The van der Waals surface area contributed by atoms with Crippen LogP contribution in [0, 0.1) is 0 Å². The average Bonchev–Trinajstić information content (AvgIpc) is 3.14. The van der Waals surface area contributed by atoms with Crippen molar-refractivity contribution >= 4 is 22.8 Å². The van der Waals surface area contributed by atoms with Crippen LogP contribution >= 0.6 is 11.8 Å². The minimum atomic E-state index is -4.38. The quantitative estimate of drug-likeness (QED) is 0.726. The van der Waals surface area contributed by atoms with Gasteiger partial charge in [0.05, 0.1) is 12.1 Å². The zero-order valence-electron chi connectivity index (χ0n) is 15.1. The zero-order valence-corrected chi connectivity index (χ0v) is 16.0. The third-order valence-electron chi connectivity index (χ3n) is 4.09. The second-order valence-corrected chi connectivity index (χ2v) is 7.16. The highest BCUT2D eigenvalue weighted by Gasteiger charge is 2.31. The van der Waals surface area contributed by atoms with E-state index in [2.05, 4.69) is 4.99 Å². The minimum absolute atomic E-state index is 0.225. The number of carbonyl (C=O) groups is 1. The summed E-state index contributed by atoms with van der Waals surface area (Å²) in [6, 6.07) is 14.2. The van der Waals surface area contributed by atoms with Crippen molar-refractivity contribution in [3.63, 3.8) is 0 Å². The molecule has 0 saturated carbocycles. The van der Waals surface area contributed by atoms with Crippen molar-refractivity contribution in [1.29, 1.82) is 0 Å². The van der Waals surface area contributed by atoms with Crippen LogP contribution in [0.4, 0.5) is 13.2 Å². The number of alkyl halides is 3. The molecule has 0 aliphatic carbocycles. The molecular formula is C20H19F3N2O2S. The predicted molar refractivity (Wildman–Crippen MR) is 103 cm³/mol. The van der Waals surface area contributed by atoms with Crippen molar-refractivity contribution < 1.29 is 22.7 Å². The van der Waals surface area contributed by atoms with E-state index in [4.69, 9.17) is 4.74 Å². The largest absolute Gasteiger partial charge is 0.481 e. The van der Waals surface area contributed by atoms with Gasteiger partial charge in [0.2, 0.25) is 0 Å². The first-order chi connectivity index (χ1) is 13.3. The molecule has 0 fully saturated rings. The van der Waals surface area contributed by atoms with Crippen molar-refractivity contribution in [2.24, 2.45) is 4.99 Å². The van der Waals surface area contributed by atoms with E-state index < -0.39 is 17.8 Å². The van der Waals surface area contributed by atoms with Crippen molar-refractivity contribution in [2.45, 2.75) is 25.0 Å². The SMILES string of the molecule is C[C@@H](Oc1ccccc1)C(=O)N1CCN=C1SCc1cccc(C(F)(F)F)c1. The molecule has 0 saturated heterocycles. The molecule has 0 N–H and O–H groups in total. The van der Waals surface area contributed by atoms with Crippen molar-refractivity contribution in [1.82, 2.24) is 4.90 Å². The van der Waals surface area contributed by atoms with Crippen LogP contribution in [-0.2, 0) is 16.7 Å². The summed E-state index contributed by atoms with van der Waals surface area (Å²) in [5.74, 6) is 0.662. The molecule has 0 aromatic heterocycles. The molecule has 8 heteroatoms. The Hall–Kier alpha value is -2.48. The Bertz CT molecular complexity index is 856. The molecule has 28 heavy (non-hydrogen) atoms. The van der Waals surface area contributed by atoms with E-state index in [9.17, 15) is 18.0 Å². The fourth-order valence-electron chi connectivity index (χ4n) is 2.71. The fourth-order valence-corrected chi connectivity index (χ4v) is 3.71. The standard InChI is InChI=1S/C20H19F3N2O2S/c1-14(27-17-8-3-2-4-9-17)18(26)25-11-10-24-19(25)28-13-15-6-5-7-16(12-15)20(21,22)23/h2-9,12,14H,10-11,13H2,1H3/t14-/m1/s1. The number of thioether (sulfide) groups is 1. The smallest absolute Gasteiger partial charge is 0.416 e. The van der Waals surface area contributed by atoms with E-state index >= 15 is 0 Å². The predicted octanol–water partition coefficient (Wildman–Crippen LogP) is 4.60. The Morgan fingerprint density at radius 1 is 1.21 bits per heavy atom. The number of rotatable bonds is 5. The number of nitrogens with zero attached hydrogens (tertiary/aromatic N) is 2. The number of amides is 1. The Kier molecular flexibility index (Phi) is 6.28. The molecule has 1 aliphatic rings. The van der Waals surface area contributed by atoms with Gasteiger partial charge in [0.1, 0.15) is 5.75 Å². The maximum Gasteiger partial charge on any atom is 0.416 e.